The number of nitrogens with one attached hydrogen (secondary N) is 1. The lowest BCUT2D eigenvalue weighted by Crippen LogP contribution is -2.42. The van der Waals surface area contributed by atoms with Gasteiger partial charge >= 0.3 is 0 Å². The minimum Gasteiger partial charge on any atom is -0.339 e. The minimum absolute atomic E-state index is 0.0542. The standard InChI is InChI=1S/C16H22F2N2O3S/c1-11(14-6-5-12(17)9-15(14)18)8-16(21)20-7-3-4-13(20)10-24(22,23)19-2/h5-6,9,11,13,19H,3-4,7-8,10H2,1-2H3. The molecule has 1 N–H and O–H groups in total. The first-order valence-corrected chi connectivity index (χ1v) is 9.54. The van der Waals surface area contributed by atoms with Crippen molar-refractivity contribution in [3.63, 3.8) is 0 Å². The lowest BCUT2D eigenvalue weighted by Gasteiger charge is -2.26. The molecule has 0 aliphatic carbocycles. The van der Waals surface area contributed by atoms with E-state index in [9.17, 15) is 22.0 Å². The highest BCUT2D eigenvalue weighted by atomic mass is 32.2. The van der Waals surface area contributed by atoms with Crippen LogP contribution in [0.5, 0.6) is 0 Å². The Labute approximate surface area is 141 Å². The Bertz CT molecular complexity index is 709. The number of nitrogens with zero attached hydrogens (tertiary/aromatic N) is 1. The zero-order valence-electron chi connectivity index (χ0n) is 13.8. The molecule has 0 spiro atoms. The molecular formula is C16H22F2N2O3S. The zero-order chi connectivity index (χ0) is 17.9. The van der Waals surface area contributed by atoms with Gasteiger partial charge in [0.2, 0.25) is 15.9 Å². The monoisotopic (exact) mass is 360 g/mol. The SMILES string of the molecule is CNS(=O)(=O)CC1CCCN1C(=O)CC(C)c1ccc(F)cc1F. The summed E-state index contributed by atoms with van der Waals surface area (Å²) in [6, 6.07) is 2.95. The third-order valence-corrected chi connectivity index (χ3v) is 5.84. The van der Waals surface area contributed by atoms with Crippen LogP contribution >= 0.6 is 0 Å². The smallest absolute Gasteiger partial charge is 0.223 e. The molecule has 1 heterocycles. The van der Waals surface area contributed by atoms with E-state index < -0.39 is 27.6 Å². The van der Waals surface area contributed by atoms with Crippen LogP contribution in [-0.4, -0.2) is 44.6 Å². The minimum atomic E-state index is -3.41. The summed E-state index contributed by atoms with van der Waals surface area (Å²) in [5.41, 5.74) is 0.281. The number of benzene rings is 1. The van der Waals surface area contributed by atoms with E-state index in [-0.39, 0.29) is 29.7 Å². The lowest BCUT2D eigenvalue weighted by atomic mass is 9.96. The van der Waals surface area contributed by atoms with Crippen LogP contribution in [0.25, 0.3) is 0 Å². The second kappa shape index (κ2) is 7.57. The maximum absolute atomic E-state index is 13.8. The summed E-state index contributed by atoms with van der Waals surface area (Å²) in [6.07, 6.45) is 1.43. The van der Waals surface area contributed by atoms with Crippen molar-refractivity contribution in [2.45, 2.75) is 38.1 Å². The molecule has 1 aliphatic rings. The van der Waals surface area contributed by atoms with Crippen molar-refractivity contribution in [3.05, 3.63) is 35.4 Å². The van der Waals surface area contributed by atoms with E-state index in [1.54, 1.807) is 11.8 Å². The Kier molecular flexibility index (Phi) is 5.92. The largest absolute Gasteiger partial charge is 0.339 e. The maximum atomic E-state index is 13.8. The predicted octanol–water partition coefficient (Wildman–Crippen LogP) is 2.00. The van der Waals surface area contributed by atoms with E-state index in [1.165, 1.54) is 13.1 Å². The van der Waals surface area contributed by atoms with Crippen LogP contribution in [-0.2, 0) is 14.8 Å². The predicted molar refractivity (Wildman–Crippen MR) is 87.0 cm³/mol. The molecule has 2 rings (SSSR count). The van der Waals surface area contributed by atoms with Gasteiger partial charge in [-0.15, -0.1) is 0 Å². The number of hydrogen-bond acceptors (Lipinski definition) is 3. The molecular weight excluding hydrogens is 338 g/mol. The average molecular weight is 360 g/mol. The number of carbonyl (C=O) groups is 1. The Balaban J connectivity index is 2.05. The molecule has 1 saturated heterocycles. The summed E-state index contributed by atoms with van der Waals surface area (Å²) in [7, 11) is -2.06. The second-order valence-corrected chi connectivity index (χ2v) is 8.11. The van der Waals surface area contributed by atoms with Gasteiger partial charge in [0.25, 0.3) is 0 Å². The molecule has 1 fully saturated rings. The van der Waals surface area contributed by atoms with Crippen LogP contribution in [0.3, 0.4) is 0 Å². The van der Waals surface area contributed by atoms with E-state index in [4.69, 9.17) is 0 Å². The third-order valence-electron chi connectivity index (χ3n) is 4.39. The van der Waals surface area contributed by atoms with E-state index in [2.05, 4.69) is 4.72 Å². The van der Waals surface area contributed by atoms with Crippen LogP contribution in [0.1, 0.15) is 37.7 Å². The molecule has 2 unspecified atom stereocenters. The fraction of sp³-hybridized carbons (Fsp3) is 0.562. The van der Waals surface area contributed by atoms with Gasteiger partial charge in [0.15, 0.2) is 0 Å². The van der Waals surface area contributed by atoms with Gasteiger partial charge in [-0.25, -0.2) is 21.9 Å². The van der Waals surface area contributed by atoms with Crippen molar-refractivity contribution < 1.29 is 22.0 Å². The first-order chi connectivity index (χ1) is 11.2. The summed E-state index contributed by atoms with van der Waals surface area (Å²) in [5, 5.41) is 0. The summed E-state index contributed by atoms with van der Waals surface area (Å²) in [4.78, 5) is 14.1. The number of likely N-dealkylation sites (tertiary alicyclic amines) is 1. The Morgan fingerprint density at radius 1 is 1.42 bits per heavy atom. The molecule has 1 aromatic rings. The number of carbonyl (C=O) groups excluding carboxylic acids is 1. The van der Waals surface area contributed by atoms with Gasteiger partial charge in [-0.1, -0.05) is 13.0 Å². The highest BCUT2D eigenvalue weighted by molar-refractivity contribution is 7.89. The van der Waals surface area contributed by atoms with E-state index >= 15 is 0 Å². The normalized spacial score (nSPS) is 19.5. The Morgan fingerprint density at radius 2 is 2.12 bits per heavy atom. The molecule has 5 nitrogen and oxygen atoms in total. The molecule has 134 valence electrons. The number of sulfonamides is 1. The van der Waals surface area contributed by atoms with Crippen molar-refractivity contribution in [2.24, 2.45) is 0 Å². The zero-order valence-corrected chi connectivity index (χ0v) is 14.6. The van der Waals surface area contributed by atoms with Crippen molar-refractivity contribution >= 4 is 15.9 Å². The van der Waals surface area contributed by atoms with E-state index in [0.29, 0.717) is 13.0 Å². The molecule has 0 saturated carbocycles. The van der Waals surface area contributed by atoms with Crippen molar-refractivity contribution in [1.29, 1.82) is 0 Å². The van der Waals surface area contributed by atoms with Crippen LogP contribution in [0, 0.1) is 11.6 Å². The highest BCUT2D eigenvalue weighted by Crippen LogP contribution is 2.26. The van der Waals surface area contributed by atoms with Crippen molar-refractivity contribution in [3.8, 4) is 0 Å². The average Bonchev–Trinajstić information content (AvgIpc) is 2.94. The lowest BCUT2D eigenvalue weighted by molar-refractivity contribution is -0.132. The fourth-order valence-electron chi connectivity index (χ4n) is 3.06. The van der Waals surface area contributed by atoms with Crippen LogP contribution in [0.4, 0.5) is 8.78 Å². The van der Waals surface area contributed by atoms with Gasteiger partial charge in [-0.3, -0.25) is 4.79 Å². The number of rotatable bonds is 6. The number of hydrogen-bond donors (Lipinski definition) is 1. The fourth-order valence-corrected chi connectivity index (χ4v) is 4.08. The molecule has 1 aromatic carbocycles. The van der Waals surface area contributed by atoms with Gasteiger partial charge in [0.1, 0.15) is 11.6 Å². The first-order valence-electron chi connectivity index (χ1n) is 7.89. The Morgan fingerprint density at radius 3 is 2.75 bits per heavy atom. The van der Waals surface area contributed by atoms with Crippen LogP contribution < -0.4 is 4.72 Å². The van der Waals surface area contributed by atoms with Crippen molar-refractivity contribution in [1.82, 2.24) is 9.62 Å². The van der Waals surface area contributed by atoms with Gasteiger partial charge in [-0.05, 0) is 37.4 Å². The van der Waals surface area contributed by atoms with Crippen LogP contribution in [0.15, 0.2) is 18.2 Å². The Hall–Kier alpha value is -1.54. The molecule has 0 bridgehead atoms. The summed E-state index contributed by atoms with van der Waals surface area (Å²) >= 11 is 0. The summed E-state index contributed by atoms with van der Waals surface area (Å²) < 4.78 is 52.5. The second-order valence-electron chi connectivity index (χ2n) is 6.14. The number of halogens is 2. The molecule has 0 aromatic heterocycles. The highest BCUT2D eigenvalue weighted by Gasteiger charge is 2.32. The topological polar surface area (TPSA) is 66.5 Å². The molecule has 24 heavy (non-hydrogen) atoms. The molecule has 2 atom stereocenters. The first kappa shape index (κ1) is 18.8. The quantitative estimate of drug-likeness (QED) is 0.844. The molecule has 0 radical (unpaired) electrons. The van der Waals surface area contributed by atoms with Crippen molar-refractivity contribution in [2.75, 3.05) is 19.3 Å². The summed E-state index contributed by atoms with van der Waals surface area (Å²) in [6.45, 7) is 2.20. The van der Waals surface area contributed by atoms with Crippen LogP contribution in [0.2, 0.25) is 0 Å². The maximum Gasteiger partial charge on any atom is 0.223 e. The van der Waals surface area contributed by atoms with Gasteiger partial charge in [0, 0.05) is 25.1 Å². The van der Waals surface area contributed by atoms with E-state index in [0.717, 1.165) is 18.6 Å². The van der Waals surface area contributed by atoms with Gasteiger partial charge < -0.3 is 4.90 Å². The third kappa shape index (κ3) is 4.51. The molecule has 1 aliphatic heterocycles. The molecule has 8 heteroatoms. The summed E-state index contributed by atoms with van der Waals surface area (Å²) in [5.74, 6) is -2.09. The molecule has 1 amide bonds. The number of amides is 1. The van der Waals surface area contributed by atoms with Gasteiger partial charge in [-0.2, -0.15) is 0 Å². The van der Waals surface area contributed by atoms with E-state index in [1.807, 2.05) is 0 Å². The van der Waals surface area contributed by atoms with Gasteiger partial charge in [0.05, 0.1) is 5.75 Å².